The zero-order valence-corrected chi connectivity index (χ0v) is 10.4. The van der Waals surface area contributed by atoms with Crippen molar-refractivity contribution in [2.45, 2.75) is 45.2 Å². The maximum absolute atomic E-state index is 6.10. The summed E-state index contributed by atoms with van der Waals surface area (Å²) in [4.78, 5) is 0. The van der Waals surface area contributed by atoms with Crippen molar-refractivity contribution in [1.29, 1.82) is 0 Å². The SMILES string of the molecule is CCC(Cl)c1cnn(CCOC(C)C)c1. The van der Waals surface area contributed by atoms with Crippen LogP contribution >= 0.6 is 11.6 Å². The molecule has 0 bridgehead atoms. The molecule has 0 fully saturated rings. The molecular formula is C11H19ClN2O. The number of aromatic nitrogens is 2. The van der Waals surface area contributed by atoms with Gasteiger partial charge in [-0.3, -0.25) is 4.68 Å². The van der Waals surface area contributed by atoms with Crippen LogP contribution in [0.2, 0.25) is 0 Å². The molecule has 0 saturated heterocycles. The average Bonchev–Trinajstić information content (AvgIpc) is 2.65. The second-order valence-electron chi connectivity index (χ2n) is 3.83. The molecule has 0 aliphatic carbocycles. The van der Waals surface area contributed by atoms with Gasteiger partial charge < -0.3 is 4.74 Å². The number of hydrogen-bond donors (Lipinski definition) is 0. The molecule has 0 aromatic carbocycles. The zero-order valence-electron chi connectivity index (χ0n) is 9.61. The number of hydrogen-bond acceptors (Lipinski definition) is 2. The van der Waals surface area contributed by atoms with Crippen molar-refractivity contribution in [2.75, 3.05) is 6.61 Å². The molecule has 1 aromatic heterocycles. The van der Waals surface area contributed by atoms with Crippen LogP contribution in [-0.2, 0) is 11.3 Å². The van der Waals surface area contributed by atoms with Crippen molar-refractivity contribution in [3.8, 4) is 0 Å². The van der Waals surface area contributed by atoms with Crippen LogP contribution in [0.4, 0.5) is 0 Å². The second kappa shape index (κ2) is 6.13. The third kappa shape index (κ3) is 4.22. The first kappa shape index (κ1) is 12.5. The lowest BCUT2D eigenvalue weighted by Gasteiger charge is -2.07. The van der Waals surface area contributed by atoms with Crippen LogP contribution in [-0.4, -0.2) is 22.5 Å². The van der Waals surface area contributed by atoms with E-state index in [4.69, 9.17) is 16.3 Å². The van der Waals surface area contributed by atoms with Gasteiger partial charge in [-0.05, 0) is 20.3 Å². The van der Waals surface area contributed by atoms with Crippen LogP contribution < -0.4 is 0 Å². The Kier molecular flexibility index (Phi) is 5.12. The Hall–Kier alpha value is -0.540. The fourth-order valence-corrected chi connectivity index (χ4v) is 1.39. The lowest BCUT2D eigenvalue weighted by atomic mass is 10.2. The molecule has 1 aromatic rings. The van der Waals surface area contributed by atoms with E-state index in [0.717, 1.165) is 18.5 Å². The van der Waals surface area contributed by atoms with Gasteiger partial charge in [0.05, 0.1) is 30.8 Å². The summed E-state index contributed by atoms with van der Waals surface area (Å²) >= 11 is 6.10. The van der Waals surface area contributed by atoms with Crippen LogP contribution in [0.3, 0.4) is 0 Å². The highest BCUT2D eigenvalue weighted by Gasteiger charge is 2.07. The molecule has 0 saturated carbocycles. The summed E-state index contributed by atoms with van der Waals surface area (Å²) in [5, 5.41) is 4.31. The highest BCUT2D eigenvalue weighted by Crippen LogP contribution is 2.22. The first-order valence-corrected chi connectivity index (χ1v) is 5.85. The summed E-state index contributed by atoms with van der Waals surface area (Å²) in [6.45, 7) is 7.60. The molecule has 1 heterocycles. The molecule has 0 N–H and O–H groups in total. The molecule has 1 atom stereocenters. The van der Waals surface area contributed by atoms with Crippen LogP contribution in [0.15, 0.2) is 12.4 Å². The van der Waals surface area contributed by atoms with Gasteiger partial charge in [0.1, 0.15) is 0 Å². The molecule has 0 aliphatic rings. The molecule has 0 amide bonds. The first-order chi connectivity index (χ1) is 7.13. The summed E-state index contributed by atoms with van der Waals surface area (Å²) in [6.07, 6.45) is 5.02. The highest BCUT2D eigenvalue weighted by molar-refractivity contribution is 6.20. The van der Waals surface area contributed by atoms with Crippen molar-refractivity contribution >= 4 is 11.6 Å². The topological polar surface area (TPSA) is 27.1 Å². The van der Waals surface area contributed by atoms with E-state index < -0.39 is 0 Å². The minimum absolute atomic E-state index is 0.0739. The van der Waals surface area contributed by atoms with Gasteiger partial charge in [0.2, 0.25) is 0 Å². The summed E-state index contributed by atoms with van der Waals surface area (Å²) in [5.41, 5.74) is 1.09. The predicted molar refractivity (Wildman–Crippen MR) is 62.2 cm³/mol. The largest absolute Gasteiger partial charge is 0.377 e. The number of halogens is 1. The second-order valence-corrected chi connectivity index (χ2v) is 4.36. The fourth-order valence-electron chi connectivity index (χ4n) is 1.28. The smallest absolute Gasteiger partial charge is 0.0666 e. The molecule has 86 valence electrons. The summed E-state index contributed by atoms with van der Waals surface area (Å²) < 4.78 is 7.33. The van der Waals surface area contributed by atoms with Gasteiger partial charge in [-0.1, -0.05) is 6.92 Å². The summed E-state index contributed by atoms with van der Waals surface area (Å²) in [5.74, 6) is 0. The van der Waals surface area contributed by atoms with Crippen LogP contribution in [0.1, 0.15) is 38.1 Å². The molecule has 0 spiro atoms. The minimum Gasteiger partial charge on any atom is -0.377 e. The van der Waals surface area contributed by atoms with Crippen molar-refractivity contribution < 1.29 is 4.74 Å². The lowest BCUT2D eigenvalue weighted by molar-refractivity contribution is 0.0709. The summed E-state index contributed by atoms with van der Waals surface area (Å²) in [6, 6.07) is 0. The third-order valence-corrected chi connectivity index (χ3v) is 2.71. The van der Waals surface area contributed by atoms with Crippen LogP contribution in [0.25, 0.3) is 0 Å². The Morgan fingerprint density at radius 2 is 2.27 bits per heavy atom. The van der Waals surface area contributed by atoms with Gasteiger partial charge in [-0.2, -0.15) is 5.10 Å². The molecule has 0 aliphatic heterocycles. The Labute approximate surface area is 96.4 Å². The molecule has 3 nitrogen and oxygen atoms in total. The van der Waals surface area contributed by atoms with Gasteiger partial charge in [0.15, 0.2) is 0 Å². The number of alkyl halides is 1. The number of nitrogens with zero attached hydrogens (tertiary/aromatic N) is 2. The standard InChI is InChI=1S/C11H19ClN2O/c1-4-11(12)10-7-13-14(8-10)5-6-15-9(2)3/h7-9,11H,4-6H2,1-3H3. The fraction of sp³-hybridized carbons (Fsp3) is 0.727. The zero-order chi connectivity index (χ0) is 11.3. The van der Waals surface area contributed by atoms with E-state index in [1.165, 1.54) is 0 Å². The number of ether oxygens (including phenoxy) is 1. The van der Waals surface area contributed by atoms with Gasteiger partial charge in [0, 0.05) is 11.8 Å². The summed E-state index contributed by atoms with van der Waals surface area (Å²) in [7, 11) is 0. The maximum Gasteiger partial charge on any atom is 0.0666 e. The molecule has 0 radical (unpaired) electrons. The van der Waals surface area contributed by atoms with E-state index in [1.807, 2.05) is 30.9 Å². The molecular weight excluding hydrogens is 212 g/mol. The van der Waals surface area contributed by atoms with Crippen molar-refractivity contribution in [3.63, 3.8) is 0 Å². The molecule has 1 rings (SSSR count). The molecule has 4 heteroatoms. The average molecular weight is 231 g/mol. The Morgan fingerprint density at radius 1 is 1.53 bits per heavy atom. The number of rotatable bonds is 6. The van der Waals surface area contributed by atoms with Gasteiger partial charge in [-0.25, -0.2) is 0 Å². The van der Waals surface area contributed by atoms with Gasteiger partial charge in [0.25, 0.3) is 0 Å². The Balaban J connectivity index is 2.39. The van der Waals surface area contributed by atoms with Crippen molar-refractivity contribution in [3.05, 3.63) is 18.0 Å². The predicted octanol–water partition coefficient (Wildman–Crippen LogP) is 3.00. The maximum atomic E-state index is 6.10. The van der Waals surface area contributed by atoms with Gasteiger partial charge >= 0.3 is 0 Å². The molecule has 1 unspecified atom stereocenters. The monoisotopic (exact) mass is 230 g/mol. The highest BCUT2D eigenvalue weighted by atomic mass is 35.5. The van der Waals surface area contributed by atoms with E-state index in [9.17, 15) is 0 Å². The van der Waals surface area contributed by atoms with Gasteiger partial charge in [-0.15, -0.1) is 11.6 Å². The van der Waals surface area contributed by atoms with Crippen molar-refractivity contribution in [2.24, 2.45) is 0 Å². The van der Waals surface area contributed by atoms with E-state index >= 15 is 0 Å². The first-order valence-electron chi connectivity index (χ1n) is 5.41. The van der Waals surface area contributed by atoms with Crippen LogP contribution in [0.5, 0.6) is 0 Å². The van der Waals surface area contributed by atoms with E-state index in [-0.39, 0.29) is 11.5 Å². The Bertz CT molecular complexity index is 286. The lowest BCUT2D eigenvalue weighted by Crippen LogP contribution is -2.10. The third-order valence-electron chi connectivity index (χ3n) is 2.14. The molecule has 15 heavy (non-hydrogen) atoms. The Morgan fingerprint density at radius 3 is 2.87 bits per heavy atom. The van der Waals surface area contributed by atoms with Crippen molar-refractivity contribution in [1.82, 2.24) is 9.78 Å². The van der Waals surface area contributed by atoms with E-state index in [0.29, 0.717) is 6.61 Å². The normalized spacial score (nSPS) is 13.4. The van der Waals surface area contributed by atoms with Crippen LogP contribution in [0, 0.1) is 0 Å². The quantitative estimate of drug-likeness (QED) is 0.703. The minimum atomic E-state index is 0.0739. The van der Waals surface area contributed by atoms with E-state index in [2.05, 4.69) is 12.0 Å². The van der Waals surface area contributed by atoms with E-state index in [1.54, 1.807) is 0 Å².